The Hall–Kier alpha value is -1.26. The number of ether oxygens (including phenoxy) is 3. The van der Waals surface area contributed by atoms with Crippen LogP contribution in [0.5, 0.6) is 0 Å². The molecule has 0 heterocycles. The summed E-state index contributed by atoms with van der Waals surface area (Å²) in [4.78, 5) is 21.3. The average Bonchev–Trinajstić information content (AvgIpc) is 2.13. The molecule has 0 aromatic rings. The summed E-state index contributed by atoms with van der Waals surface area (Å²) < 4.78 is 13.1. The highest BCUT2D eigenvalue weighted by Crippen LogP contribution is 1.96. The van der Waals surface area contributed by atoms with Crippen LogP contribution in [0.2, 0.25) is 0 Å². The van der Waals surface area contributed by atoms with Gasteiger partial charge in [0.1, 0.15) is 0 Å². The third-order valence-corrected chi connectivity index (χ3v) is 1.40. The molecule has 0 fully saturated rings. The third kappa shape index (κ3) is 7.39. The summed E-state index contributed by atoms with van der Waals surface area (Å²) in [6.07, 6.45) is 0.768. The minimum Gasteiger partial charge on any atom is -0.434 e. The molecule has 0 bridgehead atoms. The zero-order valence-electron chi connectivity index (χ0n) is 8.58. The van der Waals surface area contributed by atoms with Crippen molar-refractivity contribution in [1.29, 1.82) is 0 Å². The normalized spacial score (nSPS) is 9.29. The van der Waals surface area contributed by atoms with Crippen molar-refractivity contribution in [3.63, 3.8) is 0 Å². The van der Waals surface area contributed by atoms with Crippen molar-refractivity contribution in [2.45, 2.75) is 33.1 Å². The highest BCUT2D eigenvalue weighted by Gasteiger charge is 2.11. The molecule has 0 aliphatic rings. The molecule has 0 rings (SSSR count). The zero-order chi connectivity index (χ0) is 10.8. The standard InChI is InChI=1S/C9H16O5/c1-3-5-6-7-13-9(11)14-8(10)12-4-2/h3-7H2,1-2H3. The second-order valence-electron chi connectivity index (χ2n) is 2.59. The van der Waals surface area contributed by atoms with Crippen molar-refractivity contribution in [3.8, 4) is 0 Å². The zero-order valence-corrected chi connectivity index (χ0v) is 8.58. The molecule has 0 amide bonds. The summed E-state index contributed by atoms with van der Waals surface area (Å²) in [5.41, 5.74) is 0. The molecule has 5 nitrogen and oxygen atoms in total. The van der Waals surface area contributed by atoms with Gasteiger partial charge in [-0.2, -0.15) is 0 Å². The van der Waals surface area contributed by atoms with E-state index >= 15 is 0 Å². The van der Waals surface area contributed by atoms with Crippen LogP contribution in [0.1, 0.15) is 33.1 Å². The molecule has 0 saturated carbocycles. The topological polar surface area (TPSA) is 61.8 Å². The molecular weight excluding hydrogens is 188 g/mol. The quantitative estimate of drug-likeness (QED) is 0.391. The first-order chi connectivity index (χ1) is 6.70. The Balaban J connectivity index is 3.40. The largest absolute Gasteiger partial charge is 0.518 e. The second-order valence-corrected chi connectivity index (χ2v) is 2.59. The first-order valence-electron chi connectivity index (χ1n) is 4.72. The van der Waals surface area contributed by atoms with Crippen LogP contribution < -0.4 is 0 Å². The van der Waals surface area contributed by atoms with Gasteiger partial charge in [-0.25, -0.2) is 9.59 Å². The van der Waals surface area contributed by atoms with Crippen LogP contribution in [0.15, 0.2) is 0 Å². The molecule has 0 aromatic carbocycles. The van der Waals surface area contributed by atoms with Gasteiger partial charge in [0.2, 0.25) is 0 Å². The van der Waals surface area contributed by atoms with Crippen LogP contribution in [0.3, 0.4) is 0 Å². The van der Waals surface area contributed by atoms with Crippen molar-refractivity contribution >= 4 is 12.3 Å². The van der Waals surface area contributed by atoms with E-state index in [0.717, 1.165) is 19.3 Å². The SMILES string of the molecule is CCCCCOC(=O)OC(=O)OCC. The highest BCUT2D eigenvalue weighted by atomic mass is 16.8. The maximum atomic E-state index is 10.7. The van der Waals surface area contributed by atoms with E-state index in [9.17, 15) is 9.59 Å². The molecular formula is C9H16O5. The molecule has 0 atom stereocenters. The van der Waals surface area contributed by atoms with Gasteiger partial charge in [-0.1, -0.05) is 19.8 Å². The predicted molar refractivity (Wildman–Crippen MR) is 49.0 cm³/mol. The molecule has 0 saturated heterocycles. The summed E-state index contributed by atoms with van der Waals surface area (Å²) >= 11 is 0. The fourth-order valence-electron chi connectivity index (χ4n) is 0.752. The number of carbonyl (C=O) groups is 2. The third-order valence-electron chi connectivity index (χ3n) is 1.40. The van der Waals surface area contributed by atoms with Crippen molar-refractivity contribution in [3.05, 3.63) is 0 Å². The Labute approximate surface area is 83.3 Å². The van der Waals surface area contributed by atoms with Gasteiger partial charge in [-0.3, -0.25) is 0 Å². The van der Waals surface area contributed by atoms with E-state index in [1.807, 2.05) is 6.92 Å². The van der Waals surface area contributed by atoms with Gasteiger partial charge in [0, 0.05) is 0 Å². The van der Waals surface area contributed by atoms with Crippen LogP contribution in [0.4, 0.5) is 9.59 Å². The Morgan fingerprint density at radius 3 is 2.21 bits per heavy atom. The van der Waals surface area contributed by atoms with Crippen LogP contribution in [-0.4, -0.2) is 25.5 Å². The lowest BCUT2D eigenvalue weighted by Crippen LogP contribution is -2.15. The molecule has 82 valence electrons. The lowest BCUT2D eigenvalue weighted by molar-refractivity contribution is 0.0381. The molecule has 14 heavy (non-hydrogen) atoms. The molecule has 0 aromatic heterocycles. The fraction of sp³-hybridized carbons (Fsp3) is 0.778. The van der Waals surface area contributed by atoms with E-state index in [0.29, 0.717) is 0 Å². The molecule has 0 radical (unpaired) electrons. The smallest absolute Gasteiger partial charge is 0.434 e. The molecule has 0 N–H and O–H groups in total. The lowest BCUT2D eigenvalue weighted by atomic mass is 10.3. The van der Waals surface area contributed by atoms with Crippen molar-refractivity contribution in [2.24, 2.45) is 0 Å². The maximum Gasteiger partial charge on any atom is 0.518 e. The average molecular weight is 204 g/mol. The first-order valence-corrected chi connectivity index (χ1v) is 4.72. The predicted octanol–water partition coefficient (Wildman–Crippen LogP) is 2.49. The van der Waals surface area contributed by atoms with Crippen LogP contribution in [0, 0.1) is 0 Å². The Morgan fingerprint density at radius 1 is 1.00 bits per heavy atom. The number of hydrogen-bond donors (Lipinski definition) is 0. The minimum atomic E-state index is -1.02. The van der Waals surface area contributed by atoms with Gasteiger partial charge < -0.3 is 14.2 Å². The highest BCUT2D eigenvalue weighted by molar-refractivity contribution is 5.76. The van der Waals surface area contributed by atoms with E-state index in [1.54, 1.807) is 6.92 Å². The molecule has 0 aliphatic heterocycles. The Kier molecular flexibility index (Phi) is 7.59. The lowest BCUT2D eigenvalue weighted by Gasteiger charge is -2.03. The number of carbonyl (C=O) groups excluding carboxylic acids is 2. The van der Waals surface area contributed by atoms with E-state index in [-0.39, 0.29) is 13.2 Å². The Morgan fingerprint density at radius 2 is 1.64 bits per heavy atom. The summed E-state index contributed by atoms with van der Waals surface area (Å²) in [6.45, 7) is 4.10. The maximum absolute atomic E-state index is 10.7. The van der Waals surface area contributed by atoms with Gasteiger partial charge in [0.05, 0.1) is 13.2 Å². The minimum absolute atomic E-state index is 0.169. The number of rotatable bonds is 5. The van der Waals surface area contributed by atoms with Crippen molar-refractivity contribution in [2.75, 3.05) is 13.2 Å². The molecule has 0 unspecified atom stereocenters. The summed E-state index contributed by atoms with van der Waals surface area (Å²) in [5.74, 6) is 0. The van der Waals surface area contributed by atoms with Gasteiger partial charge in [0.15, 0.2) is 0 Å². The second kappa shape index (κ2) is 8.34. The van der Waals surface area contributed by atoms with E-state index < -0.39 is 12.3 Å². The van der Waals surface area contributed by atoms with Crippen LogP contribution in [0.25, 0.3) is 0 Å². The summed E-state index contributed by atoms with van der Waals surface area (Å²) in [7, 11) is 0. The number of unbranched alkanes of at least 4 members (excludes halogenated alkanes) is 2. The number of hydrogen-bond acceptors (Lipinski definition) is 5. The Bertz CT molecular complexity index is 178. The van der Waals surface area contributed by atoms with Gasteiger partial charge in [-0.15, -0.1) is 0 Å². The van der Waals surface area contributed by atoms with Gasteiger partial charge >= 0.3 is 12.3 Å². The van der Waals surface area contributed by atoms with E-state index in [2.05, 4.69) is 14.2 Å². The molecule has 0 spiro atoms. The van der Waals surface area contributed by atoms with Crippen LogP contribution in [-0.2, 0) is 14.2 Å². The molecule has 0 aliphatic carbocycles. The van der Waals surface area contributed by atoms with E-state index in [4.69, 9.17) is 0 Å². The first kappa shape index (κ1) is 12.7. The van der Waals surface area contributed by atoms with Gasteiger partial charge in [0.25, 0.3) is 0 Å². The summed E-state index contributed by atoms with van der Waals surface area (Å²) in [6, 6.07) is 0. The van der Waals surface area contributed by atoms with Crippen molar-refractivity contribution < 1.29 is 23.8 Å². The fourth-order valence-corrected chi connectivity index (χ4v) is 0.752. The monoisotopic (exact) mass is 204 g/mol. The summed E-state index contributed by atoms with van der Waals surface area (Å²) in [5, 5.41) is 0. The molecule has 5 heteroatoms. The van der Waals surface area contributed by atoms with Gasteiger partial charge in [-0.05, 0) is 13.3 Å². The van der Waals surface area contributed by atoms with E-state index in [1.165, 1.54) is 0 Å². The van der Waals surface area contributed by atoms with Crippen LogP contribution >= 0.6 is 0 Å². The van der Waals surface area contributed by atoms with Crippen molar-refractivity contribution in [1.82, 2.24) is 0 Å².